The van der Waals surface area contributed by atoms with Crippen LogP contribution in [0.3, 0.4) is 0 Å². The number of nitrogens with one attached hydrogen (secondary N) is 1. The van der Waals surface area contributed by atoms with Gasteiger partial charge < -0.3 is 5.32 Å². The molecule has 96 valence electrons. The van der Waals surface area contributed by atoms with Crippen LogP contribution < -0.4 is 5.32 Å². The van der Waals surface area contributed by atoms with Crippen LogP contribution in [0.25, 0.3) is 0 Å². The highest BCUT2D eigenvalue weighted by atomic mass is 14.9. The Hall–Kier alpha value is -0.820. The van der Waals surface area contributed by atoms with Crippen LogP contribution in [0.2, 0.25) is 0 Å². The molecule has 0 spiro atoms. The lowest BCUT2D eigenvalue weighted by Gasteiger charge is -2.25. The Balaban J connectivity index is 2.69. The predicted molar refractivity (Wildman–Crippen MR) is 76.4 cm³/mol. The molecule has 2 atom stereocenters. The van der Waals surface area contributed by atoms with Gasteiger partial charge in [0.15, 0.2) is 0 Å². The zero-order valence-electron chi connectivity index (χ0n) is 11.8. The molecule has 17 heavy (non-hydrogen) atoms. The fourth-order valence-corrected chi connectivity index (χ4v) is 2.47. The van der Waals surface area contributed by atoms with E-state index in [1.54, 1.807) is 0 Å². The first-order chi connectivity index (χ1) is 8.19. The van der Waals surface area contributed by atoms with E-state index >= 15 is 0 Å². The lowest BCUT2D eigenvalue weighted by molar-refractivity contribution is 0.357. The third-order valence-corrected chi connectivity index (χ3v) is 3.60. The van der Waals surface area contributed by atoms with Gasteiger partial charge >= 0.3 is 0 Å². The molecule has 1 nitrogen and oxygen atoms in total. The first-order valence-electron chi connectivity index (χ1n) is 6.96. The van der Waals surface area contributed by atoms with Crippen molar-refractivity contribution in [2.75, 3.05) is 6.54 Å². The minimum Gasteiger partial charge on any atom is -0.314 e. The molecule has 0 amide bonds. The Labute approximate surface area is 107 Å². The largest absolute Gasteiger partial charge is 0.314 e. The molecule has 1 rings (SSSR count). The van der Waals surface area contributed by atoms with Gasteiger partial charge in [0.25, 0.3) is 0 Å². The van der Waals surface area contributed by atoms with E-state index in [2.05, 4.69) is 57.3 Å². The lowest BCUT2D eigenvalue weighted by Crippen LogP contribution is -2.37. The molecule has 0 aromatic heterocycles. The normalized spacial score (nSPS) is 14.6. The molecule has 0 aliphatic heterocycles. The number of aryl methyl sites for hydroxylation is 1. The van der Waals surface area contributed by atoms with Crippen molar-refractivity contribution in [2.45, 2.75) is 53.0 Å². The summed E-state index contributed by atoms with van der Waals surface area (Å²) >= 11 is 0. The van der Waals surface area contributed by atoms with E-state index in [0.717, 1.165) is 18.9 Å². The van der Waals surface area contributed by atoms with Gasteiger partial charge in [0.1, 0.15) is 0 Å². The van der Waals surface area contributed by atoms with Gasteiger partial charge in [0.05, 0.1) is 0 Å². The van der Waals surface area contributed by atoms with Crippen LogP contribution >= 0.6 is 0 Å². The average Bonchev–Trinajstić information content (AvgIpc) is 2.31. The summed E-state index contributed by atoms with van der Waals surface area (Å²) in [6.07, 6.45) is 3.74. The molecule has 1 aromatic carbocycles. The summed E-state index contributed by atoms with van der Waals surface area (Å²) < 4.78 is 0. The molecule has 2 unspecified atom stereocenters. The van der Waals surface area contributed by atoms with E-state index in [1.165, 1.54) is 24.0 Å². The van der Waals surface area contributed by atoms with E-state index in [1.807, 2.05) is 0 Å². The number of hydrogen-bond donors (Lipinski definition) is 1. The van der Waals surface area contributed by atoms with Gasteiger partial charge in [0, 0.05) is 6.04 Å². The van der Waals surface area contributed by atoms with Crippen molar-refractivity contribution in [3.63, 3.8) is 0 Å². The molecule has 1 N–H and O–H groups in total. The maximum Gasteiger partial charge on any atom is 0.0133 e. The number of hydrogen-bond acceptors (Lipinski definition) is 1. The lowest BCUT2D eigenvalue weighted by atomic mass is 9.90. The second-order valence-corrected chi connectivity index (χ2v) is 5.06. The predicted octanol–water partition coefficient (Wildman–Crippen LogP) is 3.95. The molecule has 0 aliphatic carbocycles. The Morgan fingerprint density at radius 3 is 2.47 bits per heavy atom. The molecule has 0 saturated heterocycles. The van der Waals surface area contributed by atoms with Gasteiger partial charge in [-0.25, -0.2) is 0 Å². The molecule has 0 saturated carbocycles. The van der Waals surface area contributed by atoms with Crippen LogP contribution in [0, 0.1) is 12.8 Å². The van der Waals surface area contributed by atoms with Crippen molar-refractivity contribution in [1.82, 2.24) is 5.32 Å². The van der Waals surface area contributed by atoms with Gasteiger partial charge in [-0.15, -0.1) is 0 Å². The maximum atomic E-state index is 3.64. The molecule has 1 heteroatoms. The molecule has 1 aromatic rings. The zero-order valence-corrected chi connectivity index (χ0v) is 11.8. The van der Waals surface area contributed by atoms with Crippen LogP contribution in [0.5, 0.6) is 0 Å². The van der Waals surface area contributed by atoms with E-state index in [-0.39, 0.29) is 0 Å². The van der Waals surface area contributed by atoms with Gasteiger partial charge in [-0.3, -0.25) is 0 Å². The smallest absolute Gasteiger partial charge is 0.0133 e. The summed E-state index contributed by atoms with van der Waals surface area (Å²) in [4.78, 5) is 0. The van der Waals surface area contributed by atoms with Crippen LogP contribution in [-0.4, -0.2) is 12.6 Å². The van der Waals surface area contributed by atoms with Crippen molar-refractivity contribution in [1.29, 1.82) is 0 Å². The highest BCUT2D eigenvalue weighted by Crippen LogP contribution is 2.17. The number of rotatable bonds is 7. The Bertz CT molecular complexity index is 319. The Morgan fingerprint density at radius 1 is 1.18 bits per heavy atom. The van der Waals surface area contributed by atoms with Crippen molar-refractivity contribution < 1.29 is 0 Å². The van der Waals surface area contributed by atoms with Crippen molar-refractivity contribution in [2.24, 2.45) is 5.92 Å². The highest BCUT2D eigenvalue weighted by molar-refractivity contribution is 5.26. The van der Waals surface area contributed by atoms with E-state index in [0.29, 0.717) is 6.04 Å². The standard InChI is InChI=1S/C16H27N/c1-5-9-14(4)16(17-6-2)12-15-11-8-7-10-13(15)3/h7-8,10-11,14,16-17H,5-6,9,12H2,1-4H3. The van der Waals surface area contributed by atoms with Crippen molar-refractivity contribution in [3.8, 4) is 0 Å². The highest BCUT2D eigenvalue weighted by Gasteiger charge is 2.16. The van der Waals surface area contributed by atoms with Crippen molar-refractivity contribution >= 4 is 0 Å². The van der Waals surface area contributed by atoms with Crippen LogP contribution in [0.4, 0.5) is 0 Å². The fourth-order valence-electron chi connectivity index (χ4n) is 2.47. The molecular formula is C16H27N. The van der Waals surface area contributed by atoms with Crippen LogP contribution in [-0.2, 0) is 6.42 Å². The van der Waals surface area contributed by atoms with E-state index in [4.69, 9.17) is 0 Å². The quantitative estimate of drug-likeness (QED) is 0.752. The van der Waals surface area contributed by atoms with Gasteiger partial charge in [-0.1, -0.05) is 51.5 Å². The summed E-state index contributed by atoms with van der Waals surface area (Å²) in [7, 11) is 0. The summed E-state index contributed by atoms with van der Waals surface area (Å²) in [6, 6.07) is 9.36. The zero-order chi connectivity index (χ0) is 12.7. The monoisotopic (exact) mass is 233 g/mol. The average molecular weight is 233 g/mol. The summed E-state index contributed by atoms with van der Waals surface area (Å²) in [6.45, 7) is 10.1. The minimum atomic E-state index is 0.612. The van der Waals surface area contributed by atoms with E-state index in [9.17, 15) is 0 Å². The topological polar surface area (TPSA) is 12.0 Å². The van der Waals surface area contributed by atoms with E-state index < -0.39 is 0 Å². The van der Waals surface area contributed by atoms with Gasteiger partial charge in [-0.05, 0) is 43.4 Å². The Kier molecular flexibility index (Phi) is 6.28. The van der Waals surface area contributed by atoms with Gasteiger partial charge in [-0.2, -0.15) is 0 Å². The molecule has 0 fully saturated rings. The first kappa shape index (κ1) is 14.2. The molecule has 0 bridgehead atoms. The van der Waals surface area contributed by atoms with Crippen LogP contribution in [0.15, 0.2) is 24.3 Å². The SMILES string of the molecule is CCCC(C)C(Cc1ccccc1C)NCC. The van der Waals surface area contributed by atoms with Crippen LogP contribution in [0.1, 0.15) is 44.7 Å². The minimum absolute atomic E-state index is 0.612. The maximum absolute atomic E-state index is 3.64. The molecular weight excluding hydrogens is 206 g/mol. The summed E-state index contributed by atoms with van der Waals surface area (Å²) in [5.41, 5.74) is 2.90. The molecule has 0 radical (unpaired) electrons. The first-order valence-corrected chi connectivity index (χ1v) is 6.96. The summed E-state index contributed by atoms with van der Waals surface area (Å²) in [5.74, 6) is 0.750. The summed E-state index contributed by atoms with van der Waals surface area (Å²) in [5, 5.41) is 3.64. The second kappa shape index (κ2) is 7.50. The third-order valence-electron chi connectivity index (χ3n) is 3.60. The van der Waals surface area contributed by atoms with Gasteiger partial charge in [0.2, 0.25) is 0 Å². The fraction of sp³-hybridized carbons (Fsp3) is 0.625. The third kappa shape index (κ3) is 4.51. The molecule has 0 aliphatic rings. The number of benzene rings is 1. The Morgan fingerprint density at radius 2 is 1.88 bits per heavy atom. The van der Waals surface area contributed by atoms with Crippen molar-refractivity contribution in [3.05, 3.63) is 35.4 Å². The molecule has 0 heterocycles. The number of likely N-dealkylation sites (N-methyl/N-ethyl adjacent to an activating group) is 1. The second-order valence-electron chi connectivity index (χ2n) is 5.06.